The van der Waals surface area contributed by atoms with Gasteiger partial charge in [-0.05, 0) is 51.0 Å². The van der Waals surface area contributed by atoms with Gasteiger partial charge in [0.05, 0.1) is 6.04 Å². The molecule has 154 valence electrons. The summed E-state index contributed by atoms with van der Waals surface area (Å²) < 4.78 is 0. The molecule has 4 rings (SSSR count). The van der Waals surface area contributed by atoms with E-state index in [1.165, 1.54) is 11.3 Å². The summed E-state index contributed by atoms with van der Waals surface area (Å²) in [6, 6.07) is 9.73. The summed E-state index contributed by atoms with van der Waals surface area (Å²) in [6.07, 6.45) is 11.0. The van der Waals surface area contributed by atoms with E-state index in [0.29, 0.717) is 12.1 Å². The molecule has 1 aromatic carbocycles. The van der Waals surface area contributed by atoms with Gasteiger partial charge >= 0.3 is 0 Å². The van der Waals surface area contributed by atoms with Crippen LogP contribution in [0.5, 0.6) is 0 Å². The van der Waals surface area contributed by atoms with Gasteiger partial charge in [-0.1, -0.05) is 37.3 Å². The average Bonchev–Trinajstić information content (AvgIpc) is 3.15. The summed E-state index contributed by atoms with van der Waals surface area (Å²) >= 11 is 0. The van der Waals surface area contributed by atoms with Crippen molar-refractivity contribution in [2.45, 2.75) is 45.7 Å². The highest BCUT2D eigenvalue weighted by Gasteiger charge is 2.25. The van der Waals surface area contributed by atoms with Gasteiger partial charge in [-0.15, -0.1) is 0 Å². The molecule has 5 heteroatoms. The summed E-state index contributed by atoms with van der Waals surface area (Å²) in [7, 11) is 0. The lowest BCUT2D eigenvalue weighted by atomic mass is 10.0. The third-order valence-electron chi connectivity index (χ3n) is 6.38. The van der Waals surface area contributed by atoms with Crippen LogP contribution in [0.3, 0.4) is 0 Å². The standard InChI is InChI=1S/C24H33N5/c1-5-20(3)29-21(4)28(18-25-29)24-12-10-23(11-13-24)27-16-14-26(15-17-27)22-8-6-19(2)7-9-22/h6-8,10-13,18,20,22H,4-5,9,14-17H2,1-3H3. The Morgan fingerprint density at radius 1 is 1.10 bits per heavy atom. The van der Waals surface area contributed by atoms with Crippen molar-refractivity contribution in [1.82, 2.24) is 9.91 Å². The summed E-state index contributed by atoms with van der Waals surface area (Å²) in [5.41, 5.74) is 3.79. The SMILES string of the molecule is C=C1N(c2ccc(N3CCN(C4C=CC(C)=CC4)CC3)cc2)C=NN1C(C)CC. The van der Waals surface area contributed by atoms with Crippen LogP contribution >= 0.6 is 0 Å². The van der Waals surface area contributed by atoms with E-state index in [4.69, 9.17) is 0 Å². The minimum Gasteiger partial charge on any atom is -0.369 e. The smallest absolute Gasteiger partial charge is 0.128 e. The molecule has 1 aromatic rings. The zero-order valence-electron chi connectivity index (χ0n) is 18.0. The number of piperazine rings is 1. The molecule has 0 amide bonds. The van der Waals surface area contributed by atoms with Crippen LogP contribution < -0.4 is 9.80 Å². The molecule has 0 spiro atoms. The third-order valence-corrected chi connectivity index (χ3v) is 6.38. The molecular formula is C24H33N5. The fraction of sp³-hybridized carbons (Fsp3) is 0.458. The van der Waals surface area contributed by atoms with Gasteiger partial charge in [0, 0.05) is 43.6 Å². The summed E-state index contributed by atoms with van der Waals surface area (Å²) in [4.78, 5) is 7.17. The number of allylic oxidation sites excluding steroid dienone is 2. The molecule has 0 aromatic heterocycles. The number of nitrogens with zero attached hydrogens (tertiary/aromatic N) is 5. The van der Waals surface area contributed by atoms with Gasteiger partial charge in [0.2, 0.25) is 0 Å². The number of benzene rings is 1. The molecule has 0 saturated carbocycles. The highest BCUT2D eigenvalue weighted by atomic mass is 15.6. The van der Waals surface area contributed by atoms with Gasteiger partial charge in [-0.3, -0.25) is 9.80 Å². The van der Waals surface area contributed by atoms with E-state index in [1.807, 2.05) is 11.3 Å². The molecule has 2 aliphatic heterocycles. The fourth-order valence-electron chi connectivity index (χ4n) is 4.23. The molecule has 29 heavy (non-hydrogen) atoms. The number of anilines is 2. The lowest BCUT2D eigenvalue weighted by Crippen LogP contribution is -2.50. The van der Waals surface area contributed by atoms with E-state index < -0.39 is 0 Å². The van der Waals surface area contributed by atoms with Crippen molar-refractivity contribution in [2.24, 2.45) is 5.10 Å². The van der Waals surface area contributed by atoms with Gasteiger partial charge in [-0.2, -0.15) is 5.10 Å². The maximum absolute atomic E-state index is 4.52. The third kappa shape index (κ3) is 4.10. The molecule has 0 bridgehead atoms. The summed E-state index contributed by atoms with van der Waals surface area (Å²) in [5, 5.41) is 6.53. The minimum absolute atomic E-state index is 0.359. The van der Waals surface area contributed by atoms with Crippen molar-refractivity contribution in [2.75, 3.05) is 36.0 Å². The van der Waals surface area contributed by atoms with E-state index >= 15 is 0 Å². The van der Waals surface area contributed by atoms with Gasteiger partial charge in [0.25, 0.3) is 0 Å². The fourth-order valence-corrected chi connectivity index (χ4v) is 4.23. The lowest BCUT2D eigenvalue weighted by Gasteiger charge is -2.39. The van der Waals surface area contributed by atoms with E-state index in [2.05, 4.69) is 89.6 Å². The molecule has 2 unspecified atom stereocenters. The molecule has 3 aliphatic rings. The maximum Gasteiger partial charge on any atom is 0.128 e. The van der Waals surface area contributed by atoms with E-state index in [1.54, 1.807) is 0 Å². The van der Waals surface area contributed by atoms with E-state index in [-0.39, 0.29) is 0 Å². The first kappa shape index (κ1) is 19.8. The van der Waals surface area contributed by atoms with Crippen LogP contribution in [0.15, 0.2) is 65.6 Å². The van der Waals surface area contributed by atoms with Crippen molar-refractivity contribution >= 4 is 17.7 Å². The number of rotatable bonds is 5. The van der Waals surface area contributed by atoms with Gasteiger partial charge in [-0.25, -0.2) is 5.01 Å². The van der Waals surface area contributed by atoms with Crippen LogP contribution in [0.4, 0.5) is 11.4 Å². The predicted molar refractivity (Wildman–Crippen MR) is 123 cm³/mol. The van der Waals surface area contributed by atoms with Crippen LogP contribution in [0.2, 0.25) is 0 Å². The first-order chi connectivity index (χ1) is 14.1. The van der Waals surface area contributed by atoms with Crippen LogP contribution in [-0.2, 0) is 0 Å². The van der Waals surface area contributed by atoms with E-state index in [0.717, 1.165) is 50.5 Å². The number of hydrogen-bond donors (Lipinski definition) is 0. The van der Waals surface area contributed by atoms with Gasteiger partial charge in [0.1, 0.15) is 12.2 Å². The Bertz CT molecular complexity index is 814. The molecule has 5 nitrogen and oxygen atoms in total. The Labute approximate surface area is 175 Å². The zero-order chi connectivity index (χ0) is 20.4. The van der Waals surface area contributed by atoms with Crippen LogP contribution in [0, 0.1) is 0 Å². The monoisotopic (exact) mass is 391 g/mol. The Hall–Kier alpha value is -2.53. The summed E-state index contributed by atoms with van der Waals surface area (Å²) in [6.45, 7) is 15.1. The Morgan fingerprint density at radius 2 is 1.79 bits per heavy atom. The van der Waals surface area contributed by atoms with Gasteiger partial charge < -0.3 is 4.90 Å². The van der Waals surface area contributed by atoms with Gasteiger partial charge in [0.15, 0.2) is 0 Å². The van der Waals surface area contributed by atoms with Crippen LogP contribution in [0.1, 0.15) is 33.6 Å². The zero-order valence-corrected chi connectivity index (χ0v) is 18.0. The Balaban J connectivity index is 1.34. The first-order valence-electron chi connectivity index (χ1n) is 10.8. The topological polar surface area (TPSA) is 25.3 Å². The summed E-state index contributed by atoms with van der Waals surface area (Å²) in [5.74, 6) is 0.922. The lowest BCUT2D eigenvalue weighted by molar-refractivity contribution is 0.215. The predicted octanol–water partition coefficient (Wildman–Crippen LogP) is 4.42. The molecule has 0 N–H and O–H groups in total. The minimum atomic E-state index is 0.359. The van der Waals surface area contributed by atoms with Crippen LogP contribution in [0.25, 0.3) is 0 Å². The molecule has 1 saturated heterocycles. The second-order valence-electron chi connectivity index (χ2n) is 8.27. The Kier molecular flexibility index (Phi) is 5.76. The highest BCUT2D eigenvalue weighted by Crippen LogP contribution is 2.28. The molecule has 1 aliphatic carbocycles. The van der Waals surface area contributed by atoms with Crippen molar-refractivity contribution in [3.05, 3.63) is 60.5 Å². The molecule has 0 radical (unpaired) electrons. The van der Waals surface area contributed by atoms with Crippen molar-refractivity contribution in [3.8, 4) is 0 Å². The van der Waals surface area contributed by atoms with Crippen molar-refractivity contribution in [3.63, 3.8) is 0 Å². The molecular weight excluding hydrogens is 358 g/mol. The van der Waals surface area contributed by atoms with Crippen molar-refractivity contribution < 1.29 is 0 Å². The van der Waals surface area contributed by atoms with Crippen LogP contribution in [-0.4, -0.2) is 54.5 Å². The second kappa shape index (κ2) is 8.46. The maximum atomic E-state index is 4.52. The second-order valence-corrected chi connectivity index (χ2v) is 8.27. The number of hydrogen-bond acceptors (Lipinski definition) is 5. The normalized spacial score (nSPS) is 23.7. The number of hydrazone groups is 1. The molecule has 2 heterocycles. The molecule has 2 atom stereocenters. The van der Waals surface area contributed by atoms with Crippen molar-refractivity contribution in [1.29, 1.82) is 0 Å². The Morgan fingerprint density at radius 3 is 2.41 bits per heavy atom. The van der Waals surface area contributed by atoms with E-state index in [9.17, 15) is 0 Å². The molecule has 1 fully saturated rings. The average molecular weight is 392 g/mol. The highest BCUT2D eigenvalue weighted by molar-refractivity contribution is 5.85. The first-order valence-corrected chi connectivity index (χ1v) is 10.8. The quantitative estimate of drug-likeness (QED) is 0.742. The largest absolute Gasteiger partial charge is 0.369 e.